The summed E-state index contributed by atoms with van der Waals surface area (Å²) < 4.78 is 23.0. The largest absolute Gasteiger partial charge is 0.478 e. The van der Waals surface area contributed by atoms with Gasteiger partial charge in [0, 0.05) is 25.0 Å². The minimum absolute atomic E-state index is 0.0184. The third-order valence-electron chi connectivity index (χ3n) is 7.17. The van der Waals surface area contributed by atoms with Crippen LogP contribution in [-0.4, -0.2) is 48.3 Å². The van der Waals surface area contributed by atoms with Gasteiger partial charge in [-0.2, -0.15) is 0 Å². The van der Waals surface area contributed by atoms with E-state index in [0.717, 1.165) is 0 Å². The quantitative estimate of drug-likeness (QED) is 0.0515. The first-order valence-corrected chi connectivity index (χ1v) is 14.9. The lowest BCUT2D eigenvalue weighted by Crippen LogP contribution is -2.40. The van der Waals surface area contributed by atoms with Crippen molar-refractivity contribution in [3.05, 3.63) is 141 Å². The maximum atomic E-state index is 12.9. The van der Waals surface area contributed by atoms with Gasteiger partial charge >= 0.3 is 23.3 Å². The molecule has 14 nitrogen and oxygen atoms in total. The highest BCUT2D eigenvalue weighted by atomic mass is 16.6. The van der Waals surface area contributed by atoms with Crippen LogP contribution in [0.4, 0.5) is 11.4 Å². The number of rotatable bonds is 16. The first-order chi connectivity index (χ1) is 23.2. The zero-order chi connectivity index (χ0) is 34.5. The monoisotopic (exact) mass is 658 g/mol. The molecule has 2 N–H and O–H groups in total. The summed E-state index contributed by atoms with van der Waals surface area (Å²) in [7, 11) is 3.02. The summed E-state index contributed by atoms with van der Waals surface area (Å²) in [5.74, 6) is -2.57. The summed E-state index contributed by atoms with van der Waals surface area (Å²) in [6.45, 7) is 0. The van der Waals surface area contributed by atoms with Crippen LogP contribution >= 0.6 is 0 Å². The van der Waals surface area contributed by atoms with Gasteiger partial charge in [0.25, 0.3) is 0 Å². The molecule has 0 aliphatic carbocycles. The third kappa shape index (κ3) is 9.57. The second-order valence-electron chi connectivity index (χ2n) is 10.3. The lowest BCUT2D eigenvalue weighted by atomic mass is 10.1. The predicted octanol–water partition coefficient (Wildman–Crippen LogP) is 5.40. The molecular weight excluding hydrogens is 624 g/mol. The zero-order valence-corrected chi connectivity index (χ0v) is 26.1. The molecule has 4 aromatic rings. The van der Waals surface area contributed by atoms with Crippen molar-refractivity contribution < 1.29 is 38.4 Å². The molecule has 4 aromatic carbocycles. The number of ether oxygens (including phenoxy) is 4. The standard InChI is InChI=1S/C34H34N4O10/c1-35-31(21-29(23-13-5-3-6-14-23)45-27-19-11-9-17-25(27)37(41)42)47-33(39)34(40)48-32(36-2)22-30(24-15-7-4-8-16-24)46-28-20-12-10-18-26(28)38(43)44/h3-20,29-32,35-36H,21-22H2,1-2H3. The molecule has 0 radical (unpaired) electrons. The molecule has 0 bridgehead atoms. The lowest BCUT2D eigenvalue weighted by molar-refractivity contribution is -0.386. The van der Waals surface area contributed by atoms with Crippen molar-refractivity contribution in [2.24, 2.45) is 0 Å². The number of hydrogen-bond acceptors (Lipinski definition) is 12. The maximum absolute atomic E-state index is 12.9. The van der Waals surface area contributed by atoms with Gasteiger partial charge in [0.05, 0.1) is 9.85 Å². The van der Waals surface area contributed by atoms with E-state index in [4.69, 9.17) is 18.9 Å². The van der Waals surface area contributed by atoms with Gasteiger partial charge in [-0.1, -0.05) is 84.9 Å². The number of benzene rings is 4. The second kappa shape index (κ2) is 17.2. The van der Waals surface area contributed by atoms with Crippen molar-refractivity contribution in [2.75, 3.05) is 14.1 Å². The first kappa shape index (κ1) is 35.0. The van der Waals surface area contributed by atoms with E-state index >= 15 is 0 Å². The summed E-state index contributed by atoms with van der Waals surface area (Å²) >= 11 is 0. The summed E-state index contributed by atoms with van der Waals surface area (Å²) in [6, 6.07) is 29.5. The van der Waals surface area contributed by atoms with Crippen LogP contribution < -0.4 is 20.1 Å². The van der Waals surface area contributed by atoms with E-state index in [2.05, 4.69) is 10.6 Å². The van der Waals surface area contributed by atoms with Gasteiger partial charge in [0.1, 0.15) is 12.2 Å². The molecule has 0 amide bonds. The molecule has 4 rings (SSSR count). The minimum atomic E-state index is -1.30. The van der Waals surface area contributed by atoms with E-state index in [9.17, 15) is 29.8 Å². The van der Waals surface area contributed by atoms with Crippen molar-refractivity contribution in [1.82, 2.24) is 10.6 Å². The average molecular weight is 659 g/mol. The SMILES string of the molecule is CNC(CC(Oc1ccccc1[N+](=O)[O-])c1ccccc1)OC(=O)C(=O)OC(CC(Oc1ccccc1[N+](=O)[O-])c1ccccc1)NC. The molecule has 0 aliphatic heterocycles. The molecule has 0 heterocycles. The van der Waals surface area contributed by atoms with E-state index < -0.39 is 46.4 Å². The minimum Gasteiger partial charge on any atom is -0.478 e. The smallest absolute Gasteiger partial charge is 0.419 e. The number of nitrogens with one attached hydrogen (secondary N) is 2. The highest BCUT2D eigenvalue weighted by molar-refractivity contribution is 6.29. The molecule has 4 atom stereocenters. The first-order valence-electron chi connectivity index (χ1n) is 14.9. The highest BCUT2D eigenvalue weighted by Crippen LogP contribution is 2.34. The van der Waals surface area contributed by atoms with E-state index in [1.54, 1.807) is 72.8 Å². The van der Waals surface area contributed by atoms with Crippen molar-refractivity contribution in [2.45, 2.75) is 37.5 Å². The number of nitro groups is 2. The Balaban J connectivity index is 1.46. The number of nitrogens with zero attached hydrogens (tertiary/aromatic N) is 2. The fraction of sp³-hybridized carbons (Fsp3) is 0.235. The van der Waals surface area contributed by atoms with Gasteiger partial charge in [-0.3, -0.25) is 30.9 Å². The van der Waals surface area contributed by atoms with Crippen LogP contribution in [0.5, 0.6) is 11.5 Å². The number of carbonyl (C=O) groups is 2. The Hall–Kier alpha value is -5.86. The Bertz CT molecular complexity index is 1560. The molecule has 0 saturated heterocycles. The lowest BCUT2D eigenvalue weighted by Gasteiger charge is -2.26. The topological polar surface area (TPSA) is 181 Å². The van der Waals surface area contributed by atoms with E-state index in [0.29, 0.717) is 11.1 Å². The van der Waals surface area contributed by atoms with Crippen LogP contribution in [0.15, 0.2) is 109 Å². The van der Waals surface area contributed by atoms with Crippen LogP contribution in [-0.2, 0) is 19.1 Å². The number of esters is 2. The number of nitro benzene ring substituents is 2. The summed E-state index contributed by atoms with van der Waals surface area (Å²) in [4.78, 5) is 47.9. The van der Waals surface area contributed by atoms with Crippen LogP contribution in [0.25, 0.3) is 0 Å². The van der Waals surface area contributed by atoms with Crippen LogP contribution in [0.1, 0.15) is 36.2 Å². The zero-order valence-electron chi connectivity index (χ0n) is 26.1. The van der Waals surface area contributed by atoms with Gasteiger partial charge in [-0.15, -0.1) is 0 Å². The number of hydrogen-bond donors (Lipinski definition) is 2. The fourth-order valence-corrected chi connectivity index (χ4v) is 4.75. The van der Waals surface area contributed by atoms with Crippen molar-refractivity contribution in [3.8, 4) is 11.5 Å². The van der Waals surface area contributed by atoms with Gasteiger partial charge in [0.15, 0.2) is 24.0 Å². The molecular formula is C34H34N4O10. The number of carbonyl (C=O) groups excluding carboxylic acids is 2. The third-order valence-corrected chi connectivity index (χ3v) is 7.17. The molecule has 48 heavy (non-hydrogen) atoms. The van der Waals surface area contributed by atoms with Crippen molar-refractivity contribution >= 4 is 23.3 Å². The second-order valence-corrected chi connectivity index (χ2v) is 10.3. The Kier molecular flexibility index (Phi) is 12.5. The molecule has 0 fully saturated rings. The Morgan fingerprint density at radius 2 is 0.917 bits per heavy atom. The number of para-hydroxylation sites is 4. The summed E-state index contributed by atoms with van der Waals surface area (Å²) in [5.41, 5.74) is 0.821. The summed E-state index contributed by atoms with van der Waals surface area (Å²) in [6.07, 6.45) is -3.81. The molecule has 0 saturated carbocycles. The Morgan fingerprint density at radius 1 is 0.583 bits per heavy atom. The molecule has 0 aromatic heterocycles. The molecule has 4 unspecified atom stereocenters. The van der Waals surface area contributed by atoms with Gasteiger partial charge in [-0.25, -0.2) is 9.59 Å². The maximum Gasteiger partial charge on any atom is 0.419 e. The van der Waals surface area contributed by atoms with Gasteiger partial charge in [-0.05, 0) is 37.4 Å². The average Bonchev–Trinajstić information content (AvgIpc) is 3.11. The highest BCUT2D eigenvalue weighted by Gasteiger charge is 2.31. The predicted molar refractivity (Wildman–Crippen MR) is 173 cm³/mol. The van der Waals surface area contributed by atoms with E-state index in [-0.39, 0.29) is 35.7 Å². The van der Waals surface area contributed by atoms with Crippen molar-refractivity contribution in [3.63, 3.8) is 0 Å². The normalized spacial score (nSPS) is 13.3. The Morgan fingerprint density at radius 3 is 1.25 bits per heavy atom. The van der Waals surface area contributed by atoms with Crippen LogP contribution in [0, 0.1) is 20.2 Å². The van der Waals surface area contributed by atoms with Crippen LogP contribution in [0.3, 0.4) is 0 Å². The summed E-state index contributed by atoms with van der Waals surface area (Å²) in [5, 5.41) is 28.8. The van der Waals surface area contributed by atoms with Crippen LogP contribution in [0.2, 0.25) is 0 Å². The Labute approximate surface area is 275 Å². The molecule has 14 heteroatoms. The van der Waals surface area contributed by atoms with E-state index in [1.165, 1.54) is 50.5 Å². The van der Waals surface area contributed by atoms with Gasteiger partial charge < -0.3 is 18.9 Å². The van der Waals surface area contributed by atoms with E-state index in [1.807, 2.05) is 0 Å². The molecule has 0 spiro atoms. The van der Waals surface area contributed by atoms with Gasteiger partial charge in [0.2, 0.25) is 0 Å². The molecule has 0 aliphatic rings. The van der Waals surface area contributed by atoms with Crippen molar-refractivity contribution in [1.29, 1.82) is 0 Å². The molecule has 250 valence electrons. The fourth-order valence-electron chi connectivity index (χ4n) is 4.75.